The van der Waals surface area contributed by atoms with Crippen LogP contribution in [0.5, 0.6) is 34.5 Å². The second-order valence-corrected chi connectivity index (χ2v) is 9.37. The molecule has 0 fully saturated rings. The molecule has 0 radical (unpaired) electrons. The molecule has 200 valence electrons. The molecule has 0 saturated carbocycles. The highest BCUT2D eigenvalue weighted by Crippen LogP contribution is 2.33. The summed E-state index contributed by atoms with van der Waals surface area (Å²) in [5, 5.41) is 0.642. The number of amides is 1. The van der Waals surface area contributed by atoms with Crippen LogP contribution in [0.15, 0.2) is 84.9 Å². The van der Waals surface area contributed by atoms with Crippen molar-refractivity contribution in [3.8, 4) is 34.5 Å². The molecule has 0 aromatic heterocycles. The normalized spacial score (nSPS) is 11.7. The maximum Gasteiger partial charge on any atom is 0.254 e. The van der Waals surface area contributed by atoms with Gasteiger partial charge in [0.25, 0.3) is 5.91 Å². The van der Waals surface area contributed by atoms with E-state index < -0.39 is 0 Å². The first-order chi connectivity index (χ1) is 19.0. The van der Waals surface area contributed by atoms with E-state index in [0.717, 1.165) is 11.1 Å². The Labute approximate surface area is 232 Å². The number of rotatable bonds is 10. The molecule has 4 aromatic carbocycles. The molecular formula is C31H28ClNO6. The molecule has 7 nitrogen and oxygen atoms in total. The van der Waals surface area contributed by atoms with Crippen LogP contribution in [0.3, 0.4) is 0 Å². The van der Waals surface area contributed by atoms with Crippen LogP contribution in [0.1, 0.15) is 21.5 Å². The number of hydrogen-bond donors (Lipinski definition) is 0. The van der Waals surface area contributed by atoms with E-state index in [-0.39, 0.29) is 12.7 Å². The molecule has 1 aliphatic rings. The van der Waals surface area contributed by atoms with E-state index in [1.165, 1.54) is 0 Å². The van der Waals surface area contributed by atoms with E-state index >= 15 is 0 Å². The van der Waals surface area contributed by atoms with Crippen LogP contribution in [0.4, 0.5) is 0 Å². The maximum atomic E-state index is 13.7. The lowest BCUT2D eigenvalue weighted by Gasteiger charge is -2.24. The number of carbonyl (C=O) groups excluding carboxylic acids is 1. The Morgan fingerprint density at radius 1 is 0.821 bits per heavy atom. The lowest BCUT2D eigenvalue weighted by Crippen LogP contribution is -2.32. The van der Waals surface area contributed by atoms with Gasteiger partial charge in [0.15, 0.2) is 23.0 Å². The van der Waals surface area contributed by atoms with Crippen molar-refractivity contribution < 1.29 is 28.5 Å². The number of ether oxygens (including phenoxy) is 5. The van der Waals surface area contributed by atoms with Crippen molar-refractivity contribution in [1.82, 2.24) is 4.90 Å². The second kappa shape index (κ2) is 12.0. The Bertz CT molecular complexity index is 1460. The number of carbonyl (C=O) groups is 1. The topological polar surface area (TPSA) is 66.5 Å². The molecule has 0 bridgehead atoms. The predicted molar refractivity (Wildman–Crippen MR) is 149 cm³/mol. The second-order valence-electron chi connectivity index (χ2n) is 8.94. The van der Waals surface area contributed by atoms with Gasteiger partial charge in [-0.2, -0.15) is 0 Å². The number of fused-ring (bicyclic) bond motifs is 1. The van der Waals surface area contributed by atoms with Gasteiger partial charge in [-0.25, -0.2) is 0 Å². The van der Waals surface area contributed by atoms with E-state index in [0.29, 0.717) is 64.6 Å². The third kappa shape index (κ3) is 6.38. The van der Waals surface area contributed by atoms with Crippen molar-refractivity contribution in [2.45, 2.75) is 13.0 Å². The quantitative estimate of drug-likeness (QED) is 0.219. The molecule has 0 N–H and O–H groups in total. The molecule has 0 atom stereocenters. The van der Waals surface area contributed by atoms with E-state index in [4.69, 9.17) is 35.3 Å². The van der Waals surface area contributed by atoms with Crippen LogP contribution in [-0.2, 0) is 13.0 Å². The van der Waals surface area contributed by atoms with Gasteiger partial charge in [0, 0.05) is 23.7 Å². The zero-order valence-corrected chi connectivity index (χ0v) is 22.4. The van der Waals surface area contributed by atoms with Crippen molar-refractivity contribution in [2.75, 3.05) is 27.6 Å². The van der Waals surface area contributed by atoms with Gasteiger partial charge in [-0.05, 0) is 84.3 Å². The van der Waals surface area contributed by atoms with E-state index in [9.17, 15) is 4.79 Å². The molecule has 5 rings (SSSR count). The number of methoxy groups -OCH3 is 2. The fourth-order valence-corrected chi connectivity index (χ4v) is 4.46. The highest BCUT2D eigenvalue weighted by atomic mass is 35.5. The van der Waals surface area contributed by atoms with Gasteiger partial charge < -0.3 is 28.6 Å². The summed E-state index contributed by atoms with van der Waals surface area (Å²) in [5.41, 5.74) is 2.49. The molecule has 0 spiro atoms. The van der Waals surface area contributed by atoms with Crippen molar-refractivity contribution in [3.63, 3.8) is 0 Å². The lowest BCUT2D eigenvalue weighted by atomic mass is 10.1. The molecule has 39 heavy (non-hydrogen) atoms. The summed E-state index contributed by atoms with van der Waals surface area (Å²) in [6.45, 7) is 1.01. The summed E-state index contributed by atoms with van der Waals surface area (Å²) in [6, 6.07) is 25.9. The molecule has 0 saturated heterocycles. The third-order valence-electron chi connectivity index (χ3n) is 6.35. The zero-order valence-electron chi connectivity index (χ0n) is 21.7. The molecule has 0 aliphatic carbocycles. The van der Waals surface area contributed by atoms with Gasteiger partial charge in [0.2, 0.25) is 6.79 Å². The summed E-state index contributed by atoms with van der Waals surface area (Å²) in [7, 11) is 3.21. The third-order valence-corrected chi connectivity index (χ3v) is 6.60. The number of benzene rings is 4. The first-order valence-corrected chi connectivity index (χ1v) is 12.8. The van der Waals surface area contributed by atoms with Crippen LogP contribution >= 0.6 is 11.6 Å². The molecule has 4 aromatic rings. The molecule has 1 aliphatic heterocycles. The number of hydrogen-bond acceptors (Lipinski definition) is 6. The average molecular weight is 546 g/mol. The van der Waals surface area contributed by atoms with Gasteiger partial charge in [0.05, 0.1) is 14.2 Å². The Hall–Kier alpha value is -4.36. The van der Waals surface area contributed by atoms with Crippen LogP contribution in [0, 0.1) is 0 Å². The average Bonchev–Trinajstić information content (AvgIpc) is 3.44. The Morgan fingerprint density at radius 2 is 1.62 bits per heavy atom. The SMILES string of the molecule is COc1ccc(CCN(Cc2cccc(Oc3ccc(Cl)cc3)c2)C(=O)c2ccc3c(c2)OCO3)cc1OC. The van der Waals surface area contributed by atoms with E-state index in [1.54, 1.807) is 44.6 Å². The predicted octanol–water partition coefficient (Wildman–Crippen LogP) is 6.76. The van der Waals surface area contributed by atoms with Crippen LogP contribution in [-0.4, -0.2) is 38.4 Å². The summed E-state index contributed by atoms with van der Waals surface area (Å²) >= 11 is 5.99. The molecule has 1 amide bonds. The molecule has 8 heteroatoms. The van der Waals surface area contributed by atoms with Crippen LogP contribution in [0.2, 0.25) is 5.02 Å². The summed E-state index contributed by atoms with van der Waals surface area (Å²) < 4.78 is 27.7. The van der Waals surface area contributed by atoms with Crippen molar-refractivity contribution in [3.05, 3.63) is 107 Å². The minimum Gasteiger partial charge on any atom is -0.493 e. The number of nitrogens with zero attached hydrogens (tertiary/aromatic N) is 1. The van der Waals surface area contributed by atoms with Crippen molar-refractivity contribution >= 4 is 17.5 Å². The minimum absolute atomic E-state index is 0.113. The van der Waals surface area contributed by atoms with Gasteiger partial charge in [-0.15, -0.1) is 0 Å². The Kier molecular flexibility index (Phi) is 8.08. The zero-order chi connectivity index (χ0) is 27.2. The molecular weight excluding hydrogens is 518 g/mol. The standard InChI is InChI=1S/C31H28ClNO6/c1-35-27-12-6-21(17-29(27)36-2)14-15-33(31(34)23-7-13-28-30(18-23)38-20-37-28)19-22-4-3-5-26(16-22)39-25-10-8-24(32)9-11-25/h3-13,16-18H,14-15,19-20H2,1-2H3. The largest absolute Gasteiger partial charge is 0.493 e. The molecule has 1 heterocycles. The van der Waals surface area contributed by atoms with Crippen molar-refractivity contribution in [1.29, 1.82) is 0 Å². The van der Waals surface area contributed by atoms with Crippen LogP contribution < -0.4 is 23.7 Å². The maximum absolute atomic E-state index is 13.7. The lowest BCUT2D eigenvalue weighted by molar-refractivity contribution is 0.0744. The minimum atomic E-state index is -0.113. The first-order valence-electron chi connectivity index (χ1n) is 12.4. The van der Waals surface area contributed by atoms with Crippen molar-refractivity contribution in [2.24, 2.45) is 0 Å². The first kappa shape index (κ1) is 26.3. The highest BCUT2D eigenvalue weighted by molar-refractivity contribution is 6.30. The summed E-state index contributed by atoms with van der Waals surface area (Å²) in [5.74, 6) is 3.75. The van der Waals surface area contributed by atoms with Gasteiger partial charge in [-0.1, -0.05) is 29.8 Å². The Morgan fingerprint density at radius 3 is 2.41 bits per heavy atom. The van der Waals surface area contributed by atoms with Gasteiger partial charge >= 0.3 is 0 Å². The molecule has 0 unspecified atom stereocenters. The van der Waals surface area contributed by atoms with Gasteiger partial charge in [-0.3, -0.25) is 4.79 Å². The fourth-order valence-electron chi connectivity index (χ4n) is 4.33. The van der Waals surface area contributed by atoms with Crippen LogP contribution in [0.25, 0.3) is 0 Å². The van der Waals surface area contributed by atoms with E-state index in [1.807, 2.05) is 59.5 Å². The summed E-state index contributed by atoms with van der Waals surface area (Å²) in [4.78, 5) is 15.6. The monoisotopic (exact) mass is 545 g/mol. The Balaban J connectivity index is 1.37. The van der Waals surface area contributed by atoms with E-state index in [2.05, 4.69) is 0 Å². The summed E-state index contributed by atoms with van der Waals surface area (Å²) in [6.07, 6.45) is 0.623. The smallest absolute Gasteiger partial charge is 0.254 e. The highest BCUT2D eigenvalue weighted by Gasteiger charge is 2.21. The van der Waals surface area contributed by atoms with Gasteiger partial charge in [0.1, 0.15) is 11.5 Å². The number of halogens is 1. The fraction of sp³-hybridized carbons (Fsp3) is 0.194.